The van der Waals surface area contributed by atoms with Gasteiger partial charge in [-0.3, -0.25) is 9.59 Å². The third-order valence-corrected chi connectivity index (χ3v) is 4.89. The van der Waals surface area contributed by atoms with Crippen molar-refractivity contribution in [2.24, 2.45) is 0 Å². The minimum atomic E-state index is -0.589. The maximum Gasteiger partial charge on any atom is 0.256 e. The zero-order chi connectivity index (χ0) is 17.4. The highest BCUT2D eigenvalue weighted by Crippen LogP contribution is 2.31. The summed E-state index contributed by atoms with van der Waals surface area (Å²) < 4.78 is 0. The molecule has 0 saturated carbocycles. The second kappa shape index (κ2) is 6.46. The second-order valence-corrected chi connectivity index (χ2v) is 6.68. The lowest BCUT2D eigenvalue weighted by atomic mass is 10.1. The Balaban J connectivity index is 1.83. The molecule has 0 radical (unpaired) electrons. The van der Waals surface area contributed by atoms with Crippen LogP contribution in [-0.4, -0.2) is 17.9 Å². The van der Waals surface area contributed by atoms with E-state index in [1.165, 1.54) is 11.6 Å². The monoisotopic (exact) mass is 362 g/mol. The molecule has 0 spiro atoms. The first-order valence-electron chi connectivity index (χ1n) is 7.52. The van der Waals surface area contributed by atoms with Gasteiger partial charge in [-0.15, -0.1) is 0 Å². The third kappa shape index (κ3) is 3.12. The van der Waals surface area contributed by atoms with E-state index in [4.69, 9.17) is 23.2 Å². The first-order valence-corrected chi connectivity index (χ1v) is 8.28. The average molecular weight is 363 g/mol. The molecule has 24 heavy (non-hydrogen) atoms. The van der Waals surface area contributed by atoms with E-state index in [0.717, 1.165) is 16.2 Å². The Kier molecular flexibility index (Phi) is 4.52. The summed E-state index contributed by atoms with van der Waals surface area (Å²) in [6.07, 6.45) is 0.103. The summed E-state index contributed by atoms with van der Waals surface area (Å²) in [5, 5.41) is 3.83. The quantitative estimate of drug-likeness (QED) is 0.825. The lowest BCUT2D eigenvalue weighted by molar-refractivity contribution is -0.121. The van der Waals surface area contributed by atoms with E-state index in [-0.39, 0.29) is 18.2 Å². The molecule has 4 nitrogen and oxygen atoms in total. The minimum Gasteiger partial charge on any atom is -0.373 e. The molecular weight excluding hydrogens is 347 g/mol. The normalized spacial score (nSPS) is 17.5. The molecule has 1 aliphatic rings. The molecule has 6 heteroatoms. The Morgan fingerprint density at radius 1 is 1.00 bits per heavy atom. The number of amides is 2. The first-order chi connectivity index (χ1) is 11.4. The Morgan fingerprint density at radius 3 is 2.42 bits per heavy atom. The molecule has 3 rings (SSSR count). The standard InChI is InChI=1S/C18H16Cl2N2O2/c1-10-3-4-12(7-11(10)2)21-16-9-17(23)22(18(16)24)13-5-6-14(19)15(20)8-13/h3-8,16,21H,9H2,1-2H3/t16-/m0/s1. The summed E-state index contributed by atoms with van der Waals surface area (Å²) in [4.78, 5) is 26.1. The maximum atomic E-state index is 12.6. The molecule has 0 aliphatic carbocycles. The van der Waals surface area contributed by atoms with Crippen molar-refractivity contribution < 1.29 is 9.59 Å². The van der Waals surface area contributed by atoms with Crippen LogP contribution in [-0.2, 0) is 9.59 Å². The number of halogens is 2. The van der Waals surface area contributed by atoms with Crippen LogP contribution < -0.4 is 10.2 Å². The summed E-state index contributed by atoms with van der Waals surface area (Å²) >= 11 is 11.9. The molecule has 1 atom stereocenters. The van der Waals surface area contributed by atoms with Gasteiger partial charge in [-0.2, -0.15) is 0 Å². The number of hydrogen-bond acceptors (Lipinski definition) is 3. The summed E-state index contributed by atoms with van der Waals surface area (Å²) in [7, 11) is 0. The van der Waals surface area contributed by atoms with E-state index in [2.05, 4.69) is 5.32 Å². The van der Waals surface area contributed by atoms with Crippen molar-refractivity contribution in [3.05, 3.63) is 57.6 Å². The maximum absolute atomic E-state index is 12.6. The molecule has 124 valence electrons. The minimum absolute atomic E-state index is 0.103. The van der Waals surface area contributed by atoms with Gasteiger partial charge in [-0.05, 0) is 55.3 Å². The average Bonchev–Trinajstić information content (AvgIpc) is 2.80. The second-order valence-electron chi connectivity index (χ2n) is 5.87. The fourth-order valence-electron chi connectivity index (χ4n) is 2.67. The number of anilines is 2. The van der Waals surface area contributed by atoms with Gasteiger partial charge in [-0.25, -0.2) is 4.90 Å². The highest BCUT2D eigenvalue weighted by atomic mass is 35.5. The molecule has 0 aromatic heterocycles. The number of nitrogens with one attached hydrogen (secondary N) is 1. The highest BCUT2D eigenvalue weighted by Gasteiger charge is 2.39. The molecule has 1 fully saturated rings. The molecule has 1 N–H and O–H groups in total. The predicted octanol–water partition coefficient (Wildman–Crippen LogP) is 4.35. The molecule has 1 saturated heterocycles. The van der Waals surface area contributed by atoms with E-state index < -0.39 is 6.04 Å². The number of hydrogen-bond donors (Lipinski definition) is 1. The van der Waals surface area contributed by atoms with Gasteiger partial charge in [0.1, 0.15) is 6.04 Å². The summed E-state index contributed by atoms with van der Waals surface area (Å²) in [6, 6.07) is 9.98. The zero-order valence-corrected chi connectivity index (χ0v) is 14.8. The van der Waals surface area contributed by atoms with Gasteiger partial charge in [0, 0.05) is 5.69 Å². The van der Waals surface area contributed by atoms with E-state index in [0.29, 0.717) is 15.7 Å². The molecule has 1 heterocycles. The fourth-order valence-corrected chi connectivity index (χ4v) is 2.96. The van der Waals surface area contributed by atoms with Gasteiger partial charge in [0.25, 0.3) is 5.91 Å². The van der Waals surface area contributed by atoms with Gasteiger partial charge in [0.2, 0.25) is 5.91 Å². The summed E-state index contributed by atoms with van der Waals surface area (Å²) in [5.41, 5.74) is 3.55. The molecule has 2 amide bonds. The molecule has 0 bridgehead atoms. The predicted molar refractivity (Wildman–Crippen MR) is 96.9 cm³/mol. The zero-order valence-electron chi connectivity index (χ0n) is 13.3. The van der Waals surface area contributed by atoms with Crippen LogP contribution in [0.4, 0.5) is 11.4 Å². The Bertz CT molecular complexity index is 836. The van der Waals surface area contributed by atoms with Crippen molar-refractivity contribution in [3.63, 3.8) is 0 Å². The number of benzene rings is 2. The topological polar surface area (TPSA) is 49.4 Å². The SMILES string of the molecule is Cc1ccc(N[C@H]2CC(=O)N(c3ccc(Cl)c(Cl)c3)C2=O)cc1C. The molecule has 1 aliphatic heterocycles. The number of rotatable bonds is 3. The highest BCUT2D eigenvalue weighted by molar-refractivity contribution is 6.42. The van der Waals surface area contributed by atoms with Crippen LogP contribution in [0.2, 0.25) is 10.0 Å². The van der Waals surface area contributed by atoms with Crippen LogP contribution in [0.5, 0.6) is 0 Å². The van der Waals surface area contributed by atoms with Crippen molar-refractivity contribution in [2.45, 2.75) is 26.3 Å². The smallest absolute Gasteiger partial charge is 0.256 e. The molecular formula is C18H16Cl2N2O2. The van der Waals surface area contributed by atoms with E-state index in [9.17, 15) is 9.59 Å². The molecule has 2 aromatic carbocycles. The van der Waals surface area contributed by atoms with Crippen molar-refractivity contribution in [1.29, 1.82) is 0 Å². The number of imide groups is 1. The van der Waals surface area contributed by atoms with Gasteiger partial charge in [0.05, 0.1) is 22.2 Å². The van der Waals surface area contributed by atoms with Crippen molar-refractivity contribution in [2.75, 3.05) is 10.2 Å². The lowest BCUT2D eigenvalue weighted by Crippen LogP contribution is -2.34. The van der Waals surface area contributed by atoms with E-state index in [1.54, 1.807) is 12.1 Å². The van der Waals surface area contributed by atoms with Crippen molar-refractivity contribution in [3.8, 4) is 0 Å². The Hall–Kier alpha value is -2.04. The van der Waals surface area contributed by atoms with Gasteiger partial charge in [-0.1, -0.05) is 29.3 Å². The largest absolute Gasteiger partial charge is 0.373 e. The van der Waals surface area contributed by atoms with Crippen molar-refractivity contribution in [1.82, 2.24) is 0 Å². The van der Waals surface area contributed by atoms with Crippen molar-refractivity contribution >= 4 is 46.4 Å². The van der Waals surface area contributed by atoms with E-state index in [1.807, 2.05) is 32.0 Å². The number of carbonyl (C=O) groups is 2. The fraction of sp³-hybridized carbons (Fsp3) is 0.222. The van der Waals surface area contributed by atoms with Crippen LogP contribution >= 0.6 is 23.2 Å². The number of carbonyl (C=O) groups excluding carboxylic acids is 2. The van der Waals surface area contributed by atoms with Crippen LogP contribution in [0.15, 0.2) is 36.4 Å². The first kappa shape index (κ1) is 16.8. The lowest BCUT2D eigenvalue weighted by Gasteiger charge is -2.17. The van der Waals surface area contributed by atoms with E-state index >= 15 is 0 Å². The Morgan fingerprint density at radius 2 is 1.75 bits per heavy atom. The van der Waals surface area contributed by atoms with Gasteiger partial charge >= 0.3 is 0 Å². The van der Waals surface area contributed by atoms with Crippen LogP contribution in [0.3, 0.4) is 0 Å². The van der Waals surface area contributed by atoms with Crippen LogP contribution in [0.1, 0.15) is 17.5 Å². The number of aryl methyl sites for hydroxylation is 2. The Labute approximate surface area is 150 Å². The van der Waals surface area contributed by atoms with Gasteiger partial charge < -0.3 is 5.32 Å². The van der Waals surface area contributed by atoms with Gasteiger partial charge in [0.15, 0.2) is 0 Å². The van der Waals surface area contributed by atoms with Crippen LogP contribution in [0, 0.1) is 13.8 Å². The number of nitrogens with zero attached hydrogens (tertiary/aromatic N) is 1. The third-order valence-electron chi connectivity index (χ3n) is 4.16. The summed E-state index contributed by atoms with van der Waals surface area (Å²) in [6.45, 7) is 4.03. The molecule has 2 aromatic rings. The van der Waals surface area contributed by atoms with Crippen LogP contribution in [0.25, 0.3) is 0 Å². The molecule has 0 unspecified atom stereocenters. The summed E-state index contributed by atoms with van der Waals surface area (Å²) in [5.74, 6) is -0.559.